The van der Waals surface area contributed by atoms with Gasteiger partial charge >= 0.3 is 0 Å². The lowest BCUT2D eigenvalue weighted by atomic mass is 9.70. The van der Waals surface area contributed by atoms with Crippen molar-refractivity contribution in [2.45, 2.75) is 88.4 Å². The third kappa shape index (κ3) is 7.64. The van der Waals surface area contributed by atoms with E-state index in [1.165, 1.54) is 6.07 Å². The minimum Gasteiger partial charge on any atom is -0.490 e. The zero-order valence-corrected chi connectivity index (χ0v) is 33.8. The second kappa shape index (κ2) is 16.1. The van der Waals surface area contributed by atoms with E-state index in [9.17, 15) is 24.0 Å². The Balaban J connectivity index is 0.709. The van der Waals surface area contributed by atoms with Gasteiger partial charge in [-0.15, -0.1) is 0 Å². The normalized spacial score (nSPS) is 24.5. The van der Waals surface area contributed by atoms with E-state index in [-0.39, 0.29) is 58.8 Å². The number of ether oxygens (including phenoxy) is 1. The molecule has 5 aliphatic heterocycles. The summed E-state index contributed by atoms with van der Waals surface area (Å²) in [6.45, 7) is 4.89. The van der Waals surface area contributed by atoms with Crippen molar-refractivity contribution in [1.82, 2.24) is 30.4 Å². The number of aromatic nitrogens is 2. The summed E-state index contributed by atoms with van der Waals surface area (Å²) >= 11 is 6.15. The zero-order valence-electron chi connectivity index (χ0n) is 33.0. The summed E-state index contributed by atoms with van der Waals surface area (Å²) in [5, 5.41) is 14.7. The molecule has 2 aromatic carbocycles. The fourth-order valence-corrected chi connectivity index (χ4v) is 10.0. The Morgan fingerprint density at radius 1 is 0.900 bits per heavy atom. The van der Waals surface area contributed by atoms with Crippen LogP contribution in [0, 0.1) is 22.6 Å². The van der Waals surface area contributed by atoms with Crippen LogP contribution in [0.1, 0.15) is 101 Å². The highest BCUT2D eigenvalue weighted by Crippen LogP contribution is 2.44. The molecule has 1 saturated carbocycles. The van der Waals surface area contributed by atoms with E-state index in [4.69, 9.17) is 21.6 Å². The van der Waals surface area contributed by atoms with Gasteiger partial charge in [0.15, 0.2) is 0 Å². The summed E-state index contributed by atoms with van der Waals surface area (Å²) in [6, 6.07) is 9.05. The minimum atomic E-state index is -1.10. The van der Waals surface area contributed by atoms with Crippen molar-refractivity contribution < 1.29 is 33.1 Å². The highest BCUT2D eigenvalue weighted by atomic mass is 35.5. The van der Waals surface area contributed by atoms with Crippen LogP contribution in [-0.2, 0) is 9.59 Å². The van der Waals surface area contributed by atoms with Gasteiger partial charge in [-0.25, -0.2) is 14.4 Å². The van der Waals surface area contributed by atoms with Gasteiger partial charge in [0.2, 0.25) is 11.8 Å². The Bertz CT molecular complexity index is 2270. The van der Waals surface area contributed by atoms with Gasteiger partial charge in [-0.3, -0.25) is 39.1 Å². The predicted octanol–water partition coefficient (Wildman–Crippen LogP) is 4.23. The number of fused-ring (bicyclic) bond motifs is 1. The number of hydrogen-bond donors (Lipinski definition) is 2. The molecular formula is C43H45ClFN9O6. The van der Waals surface area contributed by atoms with Crippen LogP contribution in [-0.4, -0.2) is 113 Å². The average Bonchev–Trinajstić information content (AvgIpc) is 3.47. The lowest BCUT2D eigenvalue weighted by molar-refractivity contribution is -0.136. The van der Waals surface area contributed by atoms with Crippen LogP contribution in [0.5, 0.6) is 5.75 Å². The molecule has 5 amide bonds. The molecule has 0 bridgehead atoms. The van der Waals surface area contributed by atoms with Crippen molar-refractivity contribution in [2.24, 2.45) is 5.41 Å². The summed E-state index contributed by atoms with van der Waals surface area (Å²) in [5.41, 5.74) is 1.17. The molecule has 4 saturated heterocycles. The summed E-state index contributed by atoms with van der Waals surface area (Å²) in [6.07, 6.45) is 10.2. The Labute approximate surface area is 351 Å². The topological polar surface area (TPSA) is 181 Å². The van der Waals surface area contributed by atoms with Gasteiger partial charge in [0.05, 0.1) is 45.9 Å². The van der Waals surface area contributed by atoms with Gasteiger partial charge in [0, 0.05) is 63.8 Å². The van der Waals surface area contributed by atoms with Crippen molar-refractivity contribution in [3.63, 3.8) is 0 Å². The number of nitriles is 1. The molecule has 15 nitrogen and oxygen atoms in total. The van der Waals surface area contributed by atoms with E-state index in [0.29, 0.717) is 35.5 Å². The van der Waals surface area contributed by atoms with E-state index in [1.54, 1.807) is 30.6 Å². The summed E-state index contributed by atoms with van der Waals surface area (Å²) < 4.78 is 21.6. The smallest absolute Gasteiger partial charge is 0.271 e. The van der Waals surface area contributed by atoms with Crippen LogP contribution in [0.2, 0.25) is 5.02 Å². The molecule has 1 atom stereocenters. The highest BCUT2D eigenvalue weighted by molar-refractivity contribution is 6.31. The number of nitrogens with one attached hydrogen (secondary N) is 2. The Morgan fingerprint density at radius 2 is 1.62 bits per heavy atom. The molecule has 312 valence electrons. The van der Waals surface area contributed by atoms with E-state index < -0.39 is 35.5 Å². The SMILES string of the molecule is N#Cc1ccc(OC2CCC(NC(=O)c3cnc(N4CCC(N5CC6(CCN(c7cc8c(cc7F)C(=O)N(C7CCC(=O)NC7=O)C8=O)CC6)C5)CC4)cn3)CC2)cc1Cl. The molecule has 5 fully saturated rings. The van der Waals surface area contributed by atoms with Crippen LogP contribution >= 0.6 is 11.6 Å². The standard InChI is InChI=1S/C43H45ClFN9O6/c44-32-17-29(4-1-25(32)20-46)60-28-5-2-26(3-6-28)49-39(56)34-21-48-37(22-47-34)52-13-9-27(10-14-52)53-23-43(24-53)11-15-51(16-12-43)36-19-31-30(18-33(36)45)41(58)54(42(31)59)35-7-8-38(55)50-40(35)57/h1,4,17-19,21-22,26-28,35H,2-3,5-16,23-24H2,(H,49,56)(H,50,55,57). The van der Waals surface area contributed by atoms with Gasteiger partial charge in [0.25, 0.3) is 17.7 Å². The van der Waals surface area contributed by atoms with Crippen molar-refractivity contribution in [1.29, 1.82) is 5.26 Å². The lowest BCUT2D eigenvalue weighted by Gasteiger charge is -2.57. The van der Waals surface area contributed by atoms with Crippen LogP contribution in [0.4, 0.5) is 15.9 Å². The molecule has 6 aliphatic rings. The number of halogens is 2. The molecule has 1 aromatic heterocycles. The maximum atomic E-state index is 15.5. The number of nitrogens with zero attached hydrogens (tertiary/aromatic N) is 7. The molecule has 1 unspecified atom stereocenters. The fourth-order valence-electron chi connectivity index (χ4n) is 9.83. The molecule has 3 aromatic rings. The molecule has 6 heterocycles. The van der Waals surface area contributed by atoms with Crippen molar-refractivity contribution in [3.8, 4) is 11.8 Å². The Morgan fingerprint density at radius 3 is 2.27 bits per heavy atom. The van der Waals surface area contributed by atoms with Gasteiger partial charge in [-0.1, -0.05) is 11.6 Å². The van der Waals surface area contributed by atoms with E-state index >= 15 is 4.39 Å². The summed E-state index contributed by atoms with van der Waals surface area (Å²) in [7, 11) is 0. The first-order valence-electron chi connectivity index (χ1n) is 20.8. The largest absolute Gasteiger partial charge is 0.490 e. The quantitative estimate of drug-likeness (QED) is 0.309. The molecule has 17 heteroatoms. The monoisotopic (exact) mass is 837 g/mol. The first kappa shape index (κ1) is 39.8. The maximum absolute atomic E-state index is 15.5. The fraction of sp³-hybridized carbons (Fsp3) is 0.488. The molecule has 1 spiro atoms. The predicted molar refractivity (Wildman–Crippen MR) is 216 cm³/mol. The number of hydrogen-bond acceptors (Lipinski definition) is 12. The number of imide groups is 2. The zero-order chi connectivity index (χ0) is 41.7. The molecule has 60 heavy (non-hydrogen) atoms. The maximum Gasteiger partial charge on any atom is 0.271 e. The second-order valence-corrected chi connectivity index (χ2v) is 17.4. The third-order valence-electron chi connectivity index (χ3n) is 13.3. The minimum absolute atomic E-state index is 0.00959. The summed E-state index contributed by atoms with van der Waals surface area (Å²) in [5.74, 6) is -1.93. The molecule has 2 N–H and O–H groups in total. The van der Waals surface area contributed by atoms with E-state index in [2.05, 4.69) is 30.4 Å². The molecular weight excluding hydrogens is 793 g/mol. The number of carbonyl (C=O) groups is 5. The van der Waals surface area contributed by atoms with Crippen LogP contribution < -0.4 is 25.2 Å². The highest BCUT2D eigenvalue weighted by Gasteiger charge is 2.49. The first-order valence-corrected chi connectivity index (χ1v) is 21.1. The van der Waals surface area contributed by atoms with Crippen LogP contribution in [0.15, 0.2) is 42.7 Å². The van der Waals surface area contributed by atoms with E-state index in [0.717, 1.165) is 94.3 Å². The van der Waals surface area contributed by atoms with Gasteiger partial charge in [-0.05, 0) is 87.5 Å². The first-order chi connectivity index (χ1) is 29.0. The van der Waals surface area contributed by atoms with Crippen molar-refractivity contribution >= 4 is 52.6 Å². The van der Waals surface area contributed by atoms with Gasteiger partial charge in [-0.2, -0.15) is 5.26 Å². The molecule has 1 aliphatic carbocycles. The van der Waals surface area contributed by atoms with Gasteiger partial charge < -0.3 is 19.9 Å². The Hall–Kier alpha value is -5.66. The van der Waals surface area contributed by atoms with Crippen LogP contribution in [0.3, 0.4) is 0 Å². The number of carbonyl (C=O) groups excluding carboxylic acids is 5. The van der Waals surface area contributed by atoms with Gasteiger partial charge in [0.1, 0.15) is 35.2 Å². The number of likely N-dealkylation sites (tertiary alicyclic amines) is 1. The van der Waals surface area contributed by atoms with Crippen LogP contribution in [0.25, 0.3) is 0 Å². The number of benzene rings is 2. The van der Waals surface area contributed by atoms with Crippen molar-refractivity contribution in [3.05, 3.63) is 75.9 Å². The number of piperidine rings is 3. The molecule has 0 radical (unpaired) electrons. The average molecular weight is 838 g/mol. The third-order valence-corrected chi connectivity index (χ3v) is 13.6. The van der Waals surface area contributed by atoms with E-state index in [1.807, 2.05) is 11.0 Å². The number of anilines is 2. The summed E-state index contributed by atoms with van der Waals surface area (Å²) in [4.78, 5) is 80.2. The molecule has 9 rings (SSSR count). The number of amides is 5. The lowest BCUT2D eigenvalue weighted by Crippen LogP contribution is -2.64. The van der Waals surface area contributed by atoms with Crippen molar-refractivity contribution in [2.75, 3.05) is 49.1 Å². The Kier molecular flexibility index (Phi) is 10.7. The second-order valence-electron chi connectivity index (χ2n) is 17.0. The number of rotatable bonds is 8.